The fourth-order valence-corrected chi connectivity index (χ4v) is 11.1. The van der Waals surface area contributed by atoms with E-state index in [0.717, 1.165) is 34.4 Å². The molecule has 1 saturated carbocycles. The number of aromatic hydroxyl groups is 1. The van der Waals surface area contributed by atoms with E-state index in [4.69, 9.17) is 22.0 Å². The van der Waals surface area contributed by atoms with E-state index in [0.29, 0.717) is 11.8 Å². The van der Waals surface area contributed by atoms with Gasteiger partial charge in [0.05, 0.1) is 0 Å². The molecule has 1 fully saturated rings. The molecule has 1 N–H and O–H groups in total. The molecule has 0 bridgehead atoms. The zero-order chi connectivity index (χ0) is 28.5. The number of rotatable bonds is 6. The van der Waals surface area contributed by atoms with Crippen LogP contribution in [0, 0.1) is 0 Å². The van der Waals surface area contributed by atoms with Gasteiger partial charge in [-0.1, -0.05) is 141 Å². The fraction of sp³-hybridized carbons (Fsp3) is 0.171. The molecule has 0 spiro atoms. The monoisotopic (exact) mass is 671 g/mol. The van der Waals surface area contributed by atoms with E-state index < -0.39 is 28.9 Å². The number of halogens is 2. The van der Waals surface area contributed by atoms with Crippen LogP contribution in [-0.4, -0.2) is 25.4 Å². The van der Waals surface area contributed by atoms with Gasteiger partial charge in [0.2, 0.25) is 0 Å². The van der Waals surface area contributed by atoms with Crippen LogP contribution in [0.25, 0.3) is 10.8 Å². The second-order valence-corrected chi connectivity index (χ2v) is 17.9. The second kappa shape index (κ2) is 14.6. The molecule has 5 aromatic carbocycles. The Hall–Kier alpha value is -2.49. The van der Waals surface area contributed by atoms with E-state index in [9.17, 15) is 5.11 Å². The first-order valence-electron chi connectivity index (χ1n) is 14.1. The molecule has 6 rings (SSSR count). The summed E-state index contributed by atoms with van der Waals surface area (Å²) in [7, 11) is 6.99. The summed E-state index contributed by atoms with van der Waals surface area (Å²) >= 11 is -0.826. The van der Waals surface area contributed by atoms with Gasteiger partial charge in [-0.05, 0) is 44.4 Å². The van der Waals surface area contributed by atoms with Gasteiger partial charge in [-0.3, -0.25) is 4.99 Å². The first-order valence-corrected chi connectivity index (χ1v) is 22.4. The van der Waals surface area contributed by atoms with Crippen LogP contribution in [0.5, 0.6) is 5.75 Å². The van der Waals surface area contributed by atoms with Crippen molar-refractivity contribution in [3.05, 3.63) is 127 Å². The third-order valence-corrected chi connectivity index (χ3v) is 12.9. The predicted octanol–water partition coefficient (Wildman–Crippen LogP) is 7.05. The molecule has 0 aromatic heterocycles. The molecule has 6 heteroatoms. The summed E-state index contributed by atoms with van der Waals surface area (Å²) in [6.45, 7) is 0. The van der Waals surface area contributed by atoms with Gasteiger partial charge >= 0.3 is 37.9 Å². The first-order chi connectivity index (χ1) is 20.2. The predicted molar refractivity (Wildman–Crippen MR) is 175 cm³/mol. The van der Waals surface area contributed by atoms with Gasteiger partial charge in [0.1, 0.15) is 5.75 Å². The molecule has 0 amide bonds. The van der Waals surface area contributed by atoms with Crippen LogP contribution in [-0.2, 0) is 20.8 Å². The molecule has 1 aliphatic carbocycles. The summed E-state index contributed by atoms with van der Waals surface area (Å²) in [6, 6.07) is 43.3. The van der Waals surface area contributed by atoms with Gasteiger partial charge in [-0.2, -0.15) is 0 Å². The molecule has 0 aliphatic heterocycles. The van der Waals surface area contributed by atoms with Crippen LogP contribution in [0.1, 0.15) is 37.7 Å². The quantitative estimate of drug-likeness (QED) is 0.117. The van der Waals surface area contributed by atoms with Gasteiger partial charge in [0, 0.05) is 17.8 Å². The van der Waals surface area contributed by atoms with Crippen molar-refractivity contribution >= 4 is 62.8 Å². The van der Waals surface area contributed by atoms with E-state index >= 15 is 0 Å². The minimum atomic E-state index is -2.87. The first kappa shape index (κ1) is 30.0. The number of phenolic OH excluding ortho intramolecular Hbond substituents is 1. The SMILES string of the molecule is Oc1c([Si](c2ccccc2)(c2ccccc2)c2ccccc2)cc2ccccc2c1C=NC1CCCCC1.[Cl][Zr][Cl]. The van der Waals surface area contributed by atoms with Gasteiger partial charge in [0.25, 0.3) is 0 Å². The van der Waals surface area contributed by atoms with Gasteiger partial charge in [-0.15, -0.1) is 0 Å². The molecule has 0 heterocycles. The van der Waals surface area contributed by atoms with Crippen LogP contribution in [0.15, 0.2) is 126 Å². The standard InChI is InChI=1S/C35H33NOSi.2ClH.Zr/c37-35-33(26-36-28-16-5-1-6-17-28)32-24-14-13-15-27(32)25-34(35)38(29-18-7-2-8-19-29,30-20-9-3-10-21-30)31-22-11-4-12-23-31;;;/h2-4,7-15,18-26,28,37H,1,5-6,16-17H2;2*1H;/q;;;+2/p-2. The van der Waals surface area contributed by atoms with E-state index in [1.165, 1.54) is 34.8 Å². The van der Waals surface area contributed by atoms with Crippen LogP contribution < -0.4 is 20.7 Å². The average molecular weight is 674 g/mol. The van der Waals surface area contributed by atoms with Crippen molar-refractivity contribution in [3.63, 3.8) is 0 Å². The molecule has 5 aromatic rings. The second-order valence-electron chi connectivity index (χ2n) is 10.4. The summed E-state index contributed by atoms with van der Waals surface area (Å²) in [5.74, 6) is 0.353. The third-order valence-electron chi connectivity index (χ3n) is 8.07. The van der Waals surface area contributed by atoms with Crippen LogP contribution >= 0.6 is 17.0 Å². The van der Waals surface area contributed by atoms with E-state index in [2.05, 4.69) is 121 Å². The molecular weight excluding hydrogens is 641 g/mol. The van der Waals surface area contributed by atoms with Crippen molar-refractivity contribution in [2.45, 2.75) is 38.1 Å². The Bertz CT molecular complexity index is 1480. The third kappa shape index (κ3) is 6.47. The van der Waals surface area contributed by atoms with Gasteiger partial charge < -0.3 is 5.11 Å². The summed E-state index contributed by atoms with van der Waals surface area (Å²) < 4.78 is 0. The molecule has 0 unspecified atom stereocenters. The van der Waals surface area contributed by atoms with Crippen molar-refractivity contribution in [2.75, 3.05) is 0 Å². The molecule has 1 aliphatic rings. The summed E-state index contributed by atoms with van der Waals surface area (Å²) in [4.78, 5) is 5.04. The number of fused-ring (bicyclic) bond motifs is 1. The minimum absolute atomic E-state index is 0.338. The Balaban J connectivity index is 0.00000108. The maximum atomic E-state index is 12.3. The fourth-order valence-electron chi connectivity index (χ4n) is 6.22. The molecule has 41 heavy (non-hydrogen) atoms. The number of benzene rings is 5. The Morgan fingerprint density at radius 1 is 0.683 bits per heavy atom. The maximum absolute atomic E-state index is 12.3. The molecular formula is C35H33Cl2NOSiZr. The zero-order valence-corrected chi connectivity index (χ0v) is 27.9. The van der Waals surface area contributed by atoms with Gasteiger partial charge in [-0.25, -0.2) is 0 Å². The zero-order valence-electron chi connectivity index (χ0n) is 22.9. The van der Waals surface area contributed by atoms with Crippen LogP contribution in [0.3, 0.4) is 0 Å². The number of aliphatic imine (C=N–C) groups is 1. The van der Waals surface area contributed by atoms with Crippen molar-refractivity contribution < 1.29 is 26.0 Å². The average Bonchev–Trinajstić information content (AvgIpc) is 3.04. The van der Waals surface area contributed by atoms with E-state index in [-0.39, 0.29) is 0 Å². The number of nitrogens with zero attached hydrogens (tertiary/aromatic N) is 1. The number of hydrogen-bond acceptors (Lipinski definition) is 2. The summed E-state index contributed by atoms with van der Waals surface area (Å²) in [5, 5.41) is 19.2. The van der Waals surface area contributed by atoms with E-state index in [1.54, 1.807) is 0 Å². The Kier molecular flexibility index (Phi) is 10.7. The Labute approximate surface area is 262 Å². The normalized spacial score (nSPS) is 14.0. The molecule has 0 saturated heterocycles. The topological polar surface area (TPSA) is 32.6 Å². The molecule has 206 valence electrons. The Morgan fingerprint density at radius 3 is 1.66 bits per heavy atom. The van der Waals surface area contributed by atoms with Crippen molar-refractivity contribution in [3.8, 4) is 5.75 Å². The van der Waals surface area contributed by atoms with Crippen LogP contribution in [0.4, 0.5) is 0 Å². The molecule has 0 radical (unpaired) electrons. The number of hydrogen-bond donors (Lipinski definition) is 1. The van der Waals surface area contributed by atoms with Crippen molar-refractivity contribution in [1.82, 2.24) is 0 Å². The molecule has 0 atom stereocenters. The summed E-state index contributed by atoms with van der Waals surface area (Å²) in [5.41, 5.74) is 0.836. The Morgan fingerprint density at radius 2 is 1.15 bits per heavy atom. The van der Waals surface area contributed by atoms with Crippen molar-refractivity contribution in [1.29, 1.82) is 0 Å². The summed E-state index contributed by atoms with van der Waals surface area (Å²) in [6.07, 6.45) is 8.01. The number of phenols is 1. The molecule has 2 nitrogen and oxygen atoms in total. The van der Waals surface area contributed by atoms with Crippen molar-refractivity contribution in [2.24, 2.45) is 4.99 Å². The van der Waals surface area contributed by atoms with Gasteiger partial charge in [0.15, 0.2) is 8.07 Å². The van der Waals surface area contributed by atoms with Crippen LogP contribution in [0.2, 0.25) is 0 Å². The van der Waals surface area contributed by atoms with E-state index in [1.807, 2.05) is 6.21 Å².